The summed E-state index contributed by atoms with van der Waals surface area (Å²) in [6.45, 7) is 14.8. The Morgan fingerprint density at radius 1 is 0.864 bits per heavy atom. The maximum Gasteiger partial charge on any atom is -0.0358 e. The highest BCUT2D eigenvalue weighted by Crippen LogP contribution is 2.41. The monoisotopic (exact) mass is 308 g/mol. The molecule has 0 heteroatoms. The zero-order chi connectivity index (χ0) is 16.5. The quantitative estimate of drug-likeness (QED) is 0.362. The highest BCUT2D eigenvalue weighted by Gasteiger charge is 2.31. The maximum atomic E-state index is 2.55. The van der Waals surface area contributed by atoms with Crippen LogP contribution in [0.4, 0.5) is 0 Å². The van der Waals surface area contributed by atoms with E-state index in [1.807, 2.05) is 0 Å². The van der Waals surface area contributed by atoms with Gasteiger partial charge in [-0.05, 0) is 41.9 Å². The van der Waals surface area contributed by atoms with Crippen molar-refractivity contribution in [2.45, 2.75) is 106 Å². The van der Waals surface area contributed by atoms with Crippen LogP contribution < -0.4 is 0 Å². The summed E-state index contributed by atoms with van der Waals surface area (Å²) in [5.74, 6) is 5.68. The molecule has 1 saturated carbocycles. The van der Waals surface area contributed by atoms with E-state index in [-0.39, 0.29) is 0 Å². The van der Waals surface area contributed by atoms with Gasteiger partial charge < -0.3 is 0 Å². The molecule has 0 aromatic heterocycles. The van der Waals surface area contributed by atoms with Gasteiger partial charge in [-0.25, -0.2) is 0 Å². The van der Waals surface area contributed by atoms with Gasteiger partial charge in [0.05, 0.1) is 0 Å². The van der Waals surface area contributed by atoms with Crippen LogP contribution in [0.15, 0.2) is 0 Å². The molecule has 0 amide bonds. The Labute approximate surface area is 141 Å². The van der Waals surface area contributed by atoms with Crippen molar-refractivity contribution in [1.82, 2.24) is 0 Å². The Morgan fingerprint density at radius 2 is 1.59 bits per heavy atom. The van der Waals surface area contributed by atoms with Gasteiger partial charge in [0.15, 0.2) is 0 Å². The minimum Gasteiger partial charge on any atom is -0.0654 e. The molecule has 0 nitrogen and oxygen atoms in total. The fourth-order valence-electron chi connectivity index (χ4n) is 4.61. The van der Waals surface area contributed by atoms with E-state index >= 15 is 0 Å². The van der Waals surface area contributed by atoms with Gasteiger partial charge in [-0.3, -0.25) is 0 Å². The lowest BCUT2D eigenvalue weighted by molar-refractivity contribution is 0.109. The first-order valence-electron chi connectivity index (χ1n) is 10.5. The Morgan fingerprint density at radius 3 is 2.27 bits per heavy atom. The van der Waals surface area contributed by atoms with Crippen molar-refractivity contribution in [2.24, 2.45) is 35.5 Å². The molecular weight excluding hydrogens is 264 g/mol. The molecule has 0 radical (unpaired) electrons. The normalized spacial score (nSPS) is 30.0. The third-order valence-electron chi connectivity index (χ3n) is 6.76. The van der Waals surface area contributed by atoms with Crippen LogP contribution in [-0.2, 0) is 0 Å². The van der Waals surface area contributed by atoms with E-state index in [1.54, 1.807) is 0 Å². The molecule has 0 N–H and O–H groups in total. The van der Waals surface area contributed by atoms with Crippen molar-refractivity contribution in [3.05, 3.63) is 0 Å². The van der Waals surface area contributed by atoms with Crippen LogP contribution >= 0.6 is 0 Å². The zero-order valence-electron chi connectivity index (χ0n) is 16.5. The largest absolute Gasteiger partial charge is 0.0654 e. The summed E-state index contributed by atoms with van der Waals surface area (Å²) in [5.41, 5.74) is 0. The van der Waals surface area contributed by atoms with E-state index in [0.717, 1.165) is 35.5 Å². The number of rotatable bonds is 10. The molecule has 0 spiro atoms. The molecule has 132 valence electrons. The Bertz CT molecular complexity index is 269. The zero-order valence-corrected chi connectivity index (χ0v) is 16.5. The van der Waals surface area contributed by atoms with Crippen molar-refractivity contribution in [2.75, 3.05) is 0 Å². The van der Waals surface area contributed by atoms with Crippen LogP contribution in [0.2, 0.25) is 0 Å². The molecule has 1 fully saturated rings. The highest BCUT2D eigenvalue weighted by molar-refractivity contribution is 4.82. The molecule has 1 aliphatic rings. The minimum absolute atomic E-state index is 0.913. The Kier molecular flexibility index (Phi) is 9.76. The lowest BCUT2D eigenvalue weighted by Gasteiger charge is -2.39. The second-order valence-corrected chi connectivity index (χ2v) is 8.93. The molecular formula is C22H44. The molecule has 0 aromatic carbocycles. The van der Waals surface area contributed by atoms with E-state index in [2.05, 4.69) is 41.5 Å². The predicted molar refractivity (Wildman–Crippen MR) is 101 cm³/mol. The highest BCUT2D eigenvalue weighted by atomic mass is 14.4. The molecule has 0 aromatic rings. The van der Waals surface area contributed by atoms with Crippen LogP contribution in [0.1, 0.15) is 106 Å². The van der Waals surface area contributed by atoms with Gasteiger partial charge in [0.25, 0.3) is 0 Å². The summed E-state index contributed by atoms with van der Waals surface area (Å²) < 4.78 is 0. The van der Waals surface area contributed by atoms with Crippen LogP contribution in [0, 0.1) is 35.5 Å². The van der Waals surface area contributed by atoms with Crippen LogP contribution in [0.5, 0.6) is 0 Å². The van der Waals surface area contributed by atoms with Crippen molar-refractivity contribution in [3.8, 4) is 0 Å². The second kappa shape index (κ2) is 10.7. The first-order chi connectivity index (χ1) is 10.5. The molecule has 1 aliphatic carbocycles. The fourth-order valence-corrected chi connectivity index (χ4v) is 4.61. The summed E-state index contributed by atoms with van der Waals surface area (Å²) in [4.78, 5) is 0. The van der Waals surface area contributed by atoms with Gasteiger partial charge in [0, 0.05) is 0 Å². The summed E-state index contributed by atoms with van der Waals surface area (Å²) in [6, 6.07) is 0. The smallest absolute Gasteiger partial charge is 0.0358 e. The molecule has 6 unspecified atom stereocenters. The van der Waals surface area contributed by atoms with Crippen LogP contribution in [0.3, 0.4) is 0 Å². The SMILES string of the molecule is CCCCCCC(C)CCC(C)C(C)C1CC(C)CCC1C. The van der Waals surface area contributed by atoms with Crippen molar-refractivity contribution in [1.29, 1.82) is 0 Å². The summed E-state index contributed by atoms with van der Waals surface area (Å²) in [5, 5.41) is 0. The molecule has 0 bridgehead atoms. The maximum absolute atomic E-state index is 2.55. The molecule has 0 heterocycles. The average molecular weight is 309 g/mol. The third-order valence-corrected chi connectivity index (χ3v) is 6.76. The number of hydrogen-bond donors (Lipinski definition) is 0. The van der Waals surface area contributed by atoms with Crippen LogP contribution in [0.25, 0.3) is 0 Å². The van der Waals surface area contributed by atoms with Gasteiger partial charge >= 0.3 is 0 Å². The first-order valence-corrected chi connectivity index (χ1v) is 10.5. The van der Waals surface area contributed by atoms with E-state index in [9.17, 15) is 0 Å². The number of hydrogen-bond acceptors (Lipinski definition) is 0. The average Bonchev–Trinajstić information content (AvgIpc) is 2.50. The van der Waals surface area contributed by atoms with Gasteiger partial charge in [0.2, 0.25) is 0 Å². The molecule has 0 saturated heterocycles. The lowest BCUT2D eigenvalue weighted by atomic mass is 9.66. The van der Waals surface area contributed by atoms with E-state index in [4.69, 9.17) is 0 Å². The number of unbranched alkanes of at least 4 members (excludes halogenated alkanes) is 3. The molecule has 1 rings (SSSR count). The Hall–Kier alpha value is 0. The summed E-state index contributed by atoms with van der Waals surface area (Å²) in [7, 11) is 0. The van der Waals surface area contributed by atoms with Gasteiger partial charge in [-0.15, -0.1) is 0 Å². The van der Waals surface area contributed by atoms with Gasteiger partial charge in [-0.2, -0.15) is 0 Å². The van der Waals surface area contributed by atoms with Gasteiger partial charge in [-0.1, -0.05) is 99.3 Å². The fraction of sp³-hybridized carbons (Fsp3) is 1.00. The van der Waals surface area contributed by atoms with E-state index in [0.29, 0.717) is 0 Å². The predicted octanol–water partition coefficient (Wildman–Crippen LogP) is 7.72. The Balaban J connectivity index is 2.26. The van der Waals surface area contributed by atoms with Crippen LogP contribution in [-0.4, -0.2) is 0 Å². The molecule has 22 heavy (non-hydrogen) atoms. The lowest BCUT2D eigenvalue weighted by Crippen LogP contribution is -2.30. The van der Waals surface area contributed by atoms with Crippen molar-refractivity contribution >= 4 is 0 Å². The standard InChI is InChI=1S/C22H44/c1-7-8-9-10-11-17(2)12-14-19(4)21(6)22-16-18(3)13-15-20(22)5/h17-22H,7-16H2,1-6H3. The van der Waals surface area contributed by atoms with Crippen molar-refractivity contribution < 1.29 is 0 Å². The summed E-state index contributed by atoms with van der Waals surface area (Å²) >= 11 is 0. The van der Waals surface area contributed by atoms with Crippen molar-refractivity contribution in [3.63, 3.8) is 0 Å². The first kappa shape index (κ1) is 20.0. The topological polar surface area (TPSA) is 0 Å². The molecule has 0 aliphatic heterocycles. The van der Waals surface area contributed by atoms with E-state index in [1.165, 1.54) is 64.2 Å². The van der Waals surface area contributed by atoms with E-state index < -0.39 is 0 Å². The van der Waals surface area contributed by atoms with Gasteiger partial charge in [0.1, 0.15) is 0 Å². The third kappa shape index (κ3) is 7.05. The second-order valence-electron chi connectivity index (χ2n) is 8.93. The minimum atomic E-state index is 0.913. The molecule has 6 atom stereocenters. The summed E-state index contributed by atoms with van der Waals surface area (Å²) in [6.07, 6.45) is 14.5.